The fourth-order valence-corrected chi connectivity index (χ4v) is 8.26. The summed E-state index contributed by atoms with van der Waals surface area (Å²) in [6.45, 7) is 0. The predicted molar refractivity (Wildman–Crippen MR) is 222 cm³/mol. The van der Waals surface area contributed by atoms with Crippen molar-refractivity contribution in [1.29, 1.82) is 0 Å². The van der Waals surface area contributed by atoms with Crippen molar-refractivity contribution in [3.63, 3.8) is 0 Å². The average molecular weight is 667 g/mol. The third-order valence-electron chi connectivity index (χ3n) is 10.8. The zero-order valence-corrected chi connectivity index (χ0v) is 29.0. The monoisotopic (exact) mass is 666 g/mol. The molecule has 248 valence electrons. The van der Waals surface area contributed by atoms with Crippen LogP contribution in [-0.2, 0) is 6.42 Å². The molecular weight excluding hydrogens is 629 g/mol. The van der Waals surface area contributed by atoms with E-state index < -0.39 is 0 Å². The summed E-state index contributed by atoms with van der Waals surface area (Å²) >= 11 is 0. The average Bonchev–Trinajstić information content (AvgIpc) is 3.57. The van der Waals surface area contributed by atoms with Crippen LogP contribution in [0.25, 0.3) is 61.0 Å². The molecular formula is C50H38N2. The van der Waals surface area contributed by atoms with Gasteiger partial charge in [0.15, 0.2) is 0 Å². The van der Waals surface area contributed by atoms with Crippen LogP contribution in [0.1, 0.15) is 36.0 Å². The van der Waals surface area contributed by atoms with Gasteiger partial charge in [0.05, 0.1) is 11.0 Å². The molecule has 0 unspecified atom stereocenters. The molecule has 1 heterocycles. The Labute approximate surface area is 304 Å². The minimum atomic E-state index is 1.09. The largest absolute Gasteiger partial charge is 0.310 e. The second-order valence-electron chi connectivity index (χ2n) is 14.0. The summed E-state index contributed by atoms with van der Waals surface area (Å²) < 4.78 is 2.47. The van der Waals surface area contributed by atoms with E-state index >= 15 is 0 Å². The Bertz CT molecular complexity index is 2720. The van der Waals surface area contributed by atoms with Crippen LogP contribution < -0.4 is 4.90 Å². The molecule has 7 aromatic carbocycles. The first-order valence-corrected chi connectivity index (χ1v) is 18.5. The normalized spacial score (nSPS) is 13.8. The number of fused-ring (bicyclic) bond motifs is 6. The molecule has 0 saturated heterocycles. The minimum absolute atomic E-state index is 1.09. The van der Waals surface area contributed by atoms with Gasteiger partial charge in [-0.05, 0) is 119 Å². The number of benzene rings is 7. The second kappa shape index (κ2) is 12.7. The highest BCUT2D eigenvalue weighted by atomic mass is 15.1. The highest BCUT2D eigenvalue weighted by molar-refractivity contribution is 6.12. The maximum absolute atomic E-state index is 2.47. The number of anilines is 3. The van der Waals surface area contributed by atoms with Gasteiger partial charge in [-0.2, -0.15) is 0 Å². The predicted octanol–water partition coefficient (Wildman–Crippen LogP) is 13.8. The first-order valence-electron chi connectivity index (χ1n) is 18.5. The molecule has 8 aromatic rings. The first-order chi connectivity index (χ1) is 25.8. The topological polar surface area (TPSA) is 8.17 Å². The number of rotatable bonds is 6. The number of hydrogen-bond donors (Lipinski definition) is 0. The number of nitrogens with zero attached hydrogens (tertiary/aromatic N) is 2. The SMILES string of the molecule is C1=CC(c2ccc(N(c3ccc(-c4cccc(-n5c6ccccc6c6ccc7c(c65)C=CCC7)c4)cc3)c3ccc4ccccc4c3)cc2)=CCC1. The van der Waals surface area contributed by atoms with Crippen LogP contribution in [0.2, 0.25) is 0 Å². The van der Waals surface area contributed by atoms with E-state index in [0.717, 1.165) is 42.7 Å². The standard InChI is InChI=1S/C50H38N2/c1-2-11-35(12-3-1)37-21-27-42(28-22-37)51(45-31-25-36-13-4-5-15-40(36)34-45)43-29-23-38(24-30-43)41-16-10-17-44(33-41)52-49-20-9-8-19-47(49)48-32-26-39-14-6-7-18-46(39)50(48)52/h2,4-5,7-13,15-34H,1,3,6,14H2. The molecule has 0 radical (unpaired) electrons. The van der Waals surface area contributed by atoms with E-state index in [4.69, 9.17) is 0 Å². The summed E-state index contributed by atoms with van der Waals surface area (Å²) in [6.07, 6.45) is 15.9. The van der Waals surface area contributed by atoms with Gasteiger partial charge in [0.1, 0.15) is 0 Å². The zero-order chi connectivity index (χ0) is 34.4. The van der Waals surface area contributed by atoms with Gasteiger partial charge in [-0.3, -0.25) is 0 Å². The number of aromatic nitrogens is 1. The van der Waals surface area contributed by atoms with Gasteiger partial charge < -0.3 is 9.47 Å². The van der Waals surface area contributed by atoms with Gasteiger partial charge >= 0.3 is 0 Å². The lowest BCUT2D eigenvalue weighted by molar-refractivity contribution is 0.986. The highest BCUT2D eigenvalue weighted by Gasteiger charge is 2.19. The van der Waals surface area contributed by atoms with Crippen LogP contribution in [0, 0.1) is 0 Å². The molecule has 0 aliphatic heterocycles. The van der Waals surface area contributed by atoms with Crippen LogP contribution >= 0.6 is 0 Å². The molecule has 0 spiro atoms. The van der Waals surface area contributed by atoms with E-state index in [1.807, 2.05) is 0 Å². The molecule has 0 amide bonds. The van der Waals surface area contributed by atoms with E-state index in [2.05, 4.69) is 192 Å². The number of para-hydroxylation sites is 1. The summed E-state index contributed by atoms with van der Waals surface area (Å²) in [4.78, 5) is 2.37. The molecule has 0 atom stereocenters. The van der Waals surface area contributed by atoms with E-state index in [1.54, 1.807) is 0 Å². The summed E-state index contributed by atoms with van der Waals surface area (Å²) in [6, 6.07) is 56.0. The lowest BCUT2D eigenvalue weighted by Crippen LogP contribution is -2.10. The molecule has 2 heteroatoms. The number of hydrogen-bond acceptors (Lipinski definition) is 1. The fraction of sp³-hybridized carbons (Fsp3) is 0.0800. The van der Waals surface area contributed by atoms with Crippen molar-refractivity contribution >= 4 is 61.3 Å². The molecule has 0 saturated carbocycles. The number of aryl methyl sites for hydroxylation is 1. The Balaban J connectivity index is 1.05. The zero-order valence-electron chi connectivity index (χ0n) is 29.0. The Morgan fingerprint density at radius 1 is 0.481 bits per heavy atom. The van der Waals surface area contributed by atoms with Crippen molar-refractivity contribution in [2.24, 2.45) is 0 Å². The first kappa shape index (κ1) is 30.4. The van der Waals surface area contributed by atoms with Gasteiger partial charge in [0, 0.05) is 39.1 Å². The van der Waals surface area contributed by atoms with Crippen LogP contribution in [0.5, 0.6) is 0 Å². The molecule has 0 N–H and O–H groups in total. The smallest absolute Gasteiger partial charge is 0.0616 e. The summed E-state index contributed by atoms with van der Waals surface area (Å²) in [5.74, 6) is 0. The van der Waals surface area contributed by atoms with Gasteiger partial charge in [-0.1, -0.05) is 127 Å². The van der Waals surface area contributed by atoms with Crippen molar-refractivity contribution in [3.8, 4) is 16.8 Å². The van der Waals surface area contributed by atoms with Crippen LogP contribution in [0.4, 0.5) is 17.1 Å². The lowest BCUT2D eigenvalue weighted by Gasteiger charge is -2.26. The van der Waals surface area contributed by atoms with Crippen LogP contribution in [0.3, 0.4) is 0 Å². The minimum Gasteiger partial charge on any atom is -0.310 e. The van der Waals surface area contributed by atoms with Gasteiger partial charge in [-0.25, -0.2) is 0 Å². The maximum atomic E-state index is 2.47. The van der Waals surface area contributed by atoms with E-state index in [0.29, 0.717) is 0 Å². The van der Waals surface area contributed by atoms with Crippen LogP contribution in [0.15, 0.2) is 176 Å². The summed E-state index contributed by atoms with van der Waals surface area (Å²) in [5.41, 5.74) is 14.9. The molecule has 52 heavy (non-hydrogen) atoms. The lowest BCUT2D eigenvalue weighted by atomic mass is 9.95. The molecule has 1 aromatic heterocycles. The Morgan fingerprint density at radius 3 is 2.06 bits per heavy atom. The quantitative estimate of drug-likeness (QED) is 0.171. The van der Waals surface area contributed by atoms with Gasteiger partial charge in [-0.15, -0.1) is 0 Å². The van der Waals surface area contributed by atoms with Crippen LogP contribution in [-0.4, -0.2) is 4.57 Å². The van der Waals surface area contributed by atoms with E-state index in [1.165, 1.54) is 71.7 Å². The molecule has 10 rings (SSSR count). The van der Waals surface area contributed by atoms with Crippen molar-refractivity contribution < 1.29 is 0 Å². The molecule has 2 aliphatic rings. The van der Waals surface area contributed by atoms with E-state index in [9.17, 15) is 0 Å². The fourth-order valence-electron chi connectivity index (χ4n) is 8.26. The van der Waals surface area contributed by atoms with Crippen molar-refractivity contribution in [2.75, 3.05) is 4.90 Å². The summed E-state index contributed by atoms with van der Waals surface area (Å²) in [7, 11) is 0. The molecule has 0 fully saturated rings. The van der Waals surface area contributed by atoms with Crippen molar-refractivity contribution in [2.45, 2.75) is 25.7 Å². The Morgan fingerprint density at radius 2 is 1.23 bits per heavy atom. The third kappa shape index (κ3) is 5.27. The highest BCUT2D eigenvalue weighted by Crippen LogP contribution is 2.40. The van der Waals surface area contributed by atoms with Crippen molar-refractivity contribution in [1.82, 2.24) is 4.57 Å². The van der Waals surface area contributed by atoms with Gasteiger partial charge in [0.25, 0.3) is 0 Å². The molecule has 2 aliphatic carbocycles. The Kier molecular flexibility index (Phi) is 7.46. The maximum Gasteiger partial charge on any atom is 0.0616 e. The molecule has 2 nitrogen and oxygen atoms in total. The summed E-state index contributed by atoms with van der Waals surface area (Å²) in [5, 5.41) is 5.08. The molecule has 0 bridgehead atoms. The van der Waals surface area contributed by atoms with Gasteiger partial charge in [0.2, 0.25) is 0 Å². The van der Waals surface area contributed by atoms with E-state index in [-0.39, 0.29) is 0 Å². The Hall–Kier alpha value is -6.38. The second-order valence-corrected chi connectivity index (χ2v) is 14.0. The third-order valence-corrected chi connectivity index (χ3v) is 10.8. The van der Waals surface area contributed by atoms with Crippen molar-refractivity contribution in [3.05, 3.63) is 193 Å². The number of allylic oxidation sites excluding steroid dienone is 5.